The molecule has 0 radical (unpaired) electrons. The molecule has 3 rings (SSSR count). The maximum Gasteiger partial charge on any atom is 0.326 e. The minimum Gasteiger partial charge on any atom is -0.494 e. The third-order valence-corrected chi connectivity index (χ3v) is 6.07. The van der Waals surface area contributed by atoms with Gasteiger partial charge in [-0.25, -0.2) is 4.79 Å². The zero-order chi connectivity index (χ0) is 28.4. The van der Waals surface area contributed by atoms with E-state index in [4.69, 9.17) is 32.8 Å². The number of amides is 2. The zero-order valence-corrected chi connectivity index (χ0v) is 22.8. The number of anilines is 1. The van der Waals surface area contributed by atoms with Crippen LogP contribution in [0.5, 0.6) is 5.75 Å². The van der Waals surface area contributed by atoms with Crippen molar-refractivity contribution in [3.8, 4) is 5.75 Å². The van der Waals surface area contributed by atoms with Gasteiger partial charge in [0.25, 0.3) is 11.8 Å². The summed E-state index contributed by atoms with van der Waals surface area (Å²) in [5.74, 6) is -1.79. The van der Waals surface area contributed by atoms with Crippen molar-refractivity contribution in [2.24, 2.45) is 5.16 Å². The Balaban J connectivity index is 1.68. The normalized spacial score (nSPS) is 11.8. The fourth-order valence-corrected chi connectivity index (χ4v) is 4.11. The molecule has 2 amide bonds. The van der Waals surface area contributed by atoms with E-state index in [2.05, 4.69) is 15.8 Å². The molecule has 1 atom stereocenters. The number of carbonyl (C=O) groups excluding carboxylic acids is 2. The molecule has 0 saturated carbocycles. The first-order chi connectivity index (χ1) is 18.7. The smallest absolute Gasteiger partial charge is 0.326 e. The van der Waals surface area contributed by atoms with Gasteiger partial charge >= 0.3 is 5.97 Å². The number of hydrogen-bond acceptors (Lipinski definition) is 6. The third-order valence-electron chi connectivity index (χ3n) is 5.44. The molecule has 0 aliphatic carbocycles. The highest BCUT2D eigenvalue weighted by Gasteiger charge is 2.25. The standard InChI is InChI=1S/C28H27Cl2N3O6/c1-3-15-39-20-13-9-18(10-14-20)25(33-38-2)27(35)32-23(28(36)37)16-17-7-11-19(12-8-17)31-26(34)24-21(29)5-4-6-22(24)30/h4-14,23H,3,15-16H2,1-2H3,(H,31,34)(H,32,35)(H,36,37)/t23-/m0/s1. The van der Waals surface area contributed by atoms with Gasteiger partial charge in [-0.1, -0.05) is 53.5 Å². The second kappa shape index (κ2) is 14.2. The number of nitrogens with zero attached hydrogens (tertiary/aromatic N) is 1. The van der Waals surface area contributed by atoms with Crippen LogP contribution in [-0.4, -0.2) is 48.4 Å². The second-order valence-electron chi connectivity index (χ2n) is 8.31. The molecule has 39 heavy (non-hydrogen) atoms. The molecule has 0 aliphatic rings. The number of aliphatic carboxylic acids is 1. The van der Waals surface area contributed by atoms with E-state index < -0.39 is 23.8 Å². The van der Waals surface area contributed by atoms with E-state index in [1.165, 1.54) is 7.11 Å². The van der Waals surface area contributed by atoms with E-state index >= 15 is 0 Å². The number of carboxylic acids is 1. The van der Waals surface area contributed by atoms with Gasteiger partial charge in [-0.3, -0.25) is 9.59 Å². The molecular formula is C28H27Cl2N3O6. The van der Waals surface area contributed by atoms with E-state index in [9.17, 15) is 19.5 Å². The Hall–Kier alpha value is -4.08. The average Bonchev–Trinajstić information content (AvgIpc) is 2.91. The lowest BCUT2D eigenvalue weighted by molar-refractivity contribution is -0.141. The zero-order valence-electron chi connectivity index (χ0n) is 21.2. The van der Waals surface area contributed by atoms with Gasteiger partial charge in [-0.2, -0.15) is 0 Å². The Kier molecular flexibility index (Phi) is 10.7. The fourth-order valence-electron chi connectivity index (χ4n) is 3.54. The molecular weight excluding hydrogens is 545 g/mol. The lowest BCUT2D eigenvalue weighted by atomic mass is 10.0. The van der Waals surface area contributed by atoms with Crippen LogP contribution in [0.2, 0.25) is 10.0 Å². The second-order valence-corrected chi connectivity index (χ2v) is 9.13. The van der Waals surface area contributed by atoms with Gasteiger partial charge < -0.3 is 25.3 Å². The molecule has 0 unspecified atom stereocenters. The van der Waals surface area contributed by atoms with Crippen LogP contribution in [0.1, 0.15) is 34.8 Å². The molecule has 0 bridgehead atoms. The molecule has 11 heteroatoms. The topological polar surface area (TPSA) is 126 Å². The maximum atomic E-state index is 13.0. The first-order valence-electron chi connectivity index (χ1n) is 12.0. The average molecular weight is 572 g/mol. The number of oxime groups is 1. The molecule has 3 aromatic rings. The number of carboxylic acid groups (broad SMARTS) is 1. The van der Waals surface area contributed by atoms with Gasteiger partial charge in [-0.05, 0) is 60.5 Å². The van der Waals surface area contributed by atoms with Crippen molar-refractivity contribution in [3.05, 3.63) is 93.5 Å². The SMILES string of the molecule is CCCOc1ccc(C(=NOC)C(=O)N[C@@H](Cc2ccc(NC(=O)c3c(Cl)cccc3Cl)cc2)C(=O)O)cc1. The predicted octanol–water partition coefficient (Wildman–Crippen LogP) is 5.20. The number of halogens is 2. The highest BCUT2D eigenvalue weighted by atomic mass is 35.5. The number of ether oxygens (including phenoxy) is 1. The summed E-state index contributed by atoms with van der Waals surface area (Å²) in [5, 5.41) is 19.2. The van der Waals surface area contributed by atoms with Gasteiger partial charge in [0.15, 0.2) is 5.71 Å². The number of nitrogens with one attached hydrogen (secondary N) is 2. The van der Waals surface area contributed by atoms with Crippen LogP contribution in [0, 0.1) is 0 Å². The van der Waals surface area contributed by atoms with Gasteiger partial charge in [0.2, 0.25) is 0 Å². The Labute approximate surface area is 235 Å². The highest BCUT2D eigenvalue weighted by Crippen LogP contribution is 2.25. The lowest BCUT2D eigenvalue weighted by Crippen LogP contribution is -2.45. The summed E-state index contributed by atoms with van der Waals surface area (Å²) in [6.45, 7) is 2.55. The summed E-state index contributed by atoms with van der Waals surface area (Å²) in [5.41, 5.74) is 1.56. The molecule has 0 aliphatic heterocycles. The monoisotopic (exact) mass is 571 g/mol. The summed E-state index contributed by atoms with van der Waals surface area (Å²) < 4.78 is 5.55. The van der Waals surface area contributed by atoms with Crippen LogP contribution in [0.15, 0.2) is 71.9 Å². The van der Waals surface area contributed by atoms with E-state index in [0.29, 0.717) is 29.2 Å². The van der Waals surface area contributed by atoms with Crippen LogP contribution in [-0.2, 0) is 20.8 Å². The van der Waals surface area contributed by atoms with E-state index in [1.807, 2.05) is 6.92 Å². The Bertz CT molecular complexity index is 1320. The van der Waals surface area contributed by atoms with E-state index in [0.717, 1.165) is 6.42 Å². The first kappa shape index (κ1) is 29.5. The summed E-state index contributed by atoms with van der Waals surface area (Å²) >= 11 is 12.2. The molecule has 0 aromatic heterocycles. The number of hydrogen-bond donors (Lipinski definition) is 3. The third kappa shape index (κ3) is 8.20. The maximum absolute atomic E-state index is 13.0. The van der Waals surface area contributed by atoms with Crippen molar-refractivity contribution in [1.29, 1.82) is 0 Å². The number of carbonyl (C=O) groups is 3. The van der Waals surface area contributed by atoms with Crippen molar-refractivity contribution in [1.82, 2.24) is 5.32 Å². The predicted molar refractivity (Wildman–Crippen MR) is 150 cm³/mol. The minimum absolute atomic E-state index is 0.0182. The summed E-state index contributed by atoms with van der Waals surface area (Å²) in [6.07, 6.45) is 0.835. The molecule has 9 nitrogen and oxygen atoms in total. The molecule has 0 spiro atoms. The first-order valence-corrected chi connectivity index (χ1v) is 12.7. The van der Waals surface area contributed by atoms with Gasteiger partial charge in [-0.15, -0.1) is 0 Å². The van der Waals surface area contributed by atoms with Crippen molar-refractivity contribution < 1.29 is 29.1 Å². The number of rotatable bonds is 12. The molecule has 204 valence electrons. The highest BCUT2D eigenvalue weighted by molar-refractivity contribution is 6.45. The van der Waals surface area contributed by atoms with Gasteiger partial charge in [0.1, 0.15) is 18.9 Å². The summed E-state index contributed by atoms with van der Waals surface area (Å²) in [4.78, 5) is 42.3. The lowest BCUT2D eigenvalue weighted by Gasteiger charge is -2.16. The van der Waals surface area contributed by atoms with Crippen LogP contribution < -0.4 is 15.4 Å². The van der Waals surface area contributed by atoms with Gasteiger partial charge in [0.05, 0.1) is 22.2 Å². The van der Waals surface area contributed by atoms with E-state index in [1.54, 1.807) is 66.7 Å². The van der Waals surface area contributed by atoms with Crippen LogP contribution in [0.3, 0.4) is 0 Å². The summed E-state index contributed by atoms with van der Waals surface area (Å²) in [6, 6.07) is 16.7. The molecule has 0 saturated heterocycles. The van der Waals surface area contributed by atoms with Crippen LogP contribution in [0.4, 0.5) is 5.69 Å². The quantitative estimate of drug-likeness (QED) is 0.202. The largest absolute Gasteiger partial charge is 0.494 e. The summed E-state index contributed by atoms with van der Waals surface area (Å²) in [7, 11) is 1.29. The van der Waals surface area contributed by atoms with Crippen LogP contribution in [0.25, 0.3) is 0 Å². The van der Waals surface area contributed by atoms with Crippen molar-refractivity contribution in [3.63, 3.8) is 0 Å². The van der Waals surface area contributed by atoms with Crippen LogP contribution >= 0.6 is 23.2 Å². The van der Waals surface area contributed by atoms with E-state index in [-0.39, 0.29) is 27.7 Å². The van der Waals surface area contributed by atoms with Crippen molar-refractivity contribution in [2.45, 2.75) is 25.8 Å². The van der Waals surface area contributed by atoms with Crippen molar-refractivity contribution in [2.75, 3.05) is 19.0 Å². The molecule has 0 heterocycles. The molecule has 0 fully saturated rings. The number of benzene rings is 3. The molecule has 3 N–H and O–H groups in total. The Morgan fingerprint density at radius 3 is 2.18 bits per heavy atom. The van der Waals surface area contributed by atoms with Gasteiger partial charge in [0, 0.05) is 17.7 Å². The Morgan fingerprint density at radius 2 is 1.62 bits per heavy atom. The molecule has 3 aromatic carbocycles. The fraction of sp³-hybridized carbons (Fsp3) is 0.214. The minimum atomic E-state index is -1.26. The van der Waals surface area contributed by atoms with Crippen molar-refractivity contribution >= 4 is 52.4 Å². The Morgan fingerprint density at radius 1 is 0.974 bits per heavy atom.